The van der Waals surface area contributed by atoms with Crippen molar-refractivity contribution in [3.8, 4) is 5.75 Å². The zero-order valence-electron chi connectivity index (χ0n) is 19.4. The van der Waals surface area contributed by atoms with E-state index in [9.17, 15) is 14.7 Å². The number of hydrogen-bond acceptors (Lipinski definition) is 5. The molecule has 2 aliphatic rings. The van der Waals surface area contributed by atoms with E-state index in [0.29, 0.717) is 49.8 Å². The number of ether oxygens (including phenoxy) is 2. The second kappa shape index (κ2) is 10.7. The third-order valence-corrected chi connectivity index (χ3v) is 6.29. The predicted octanol–water partition coefficient (Wildman–Crippen LogP) is 0.699. The molecule has 1 atom stereocenters. The number of nitrogens with one attached hydrogen (secondary N) is 1. The Morgan fingerprint density at radius 2 is 1.94 bits per heavy atom. The first-order valence-electron chi connectivity index (χ1n) is 11.6. The summed E-state index contributed by atoms with van der Waals surface area (Å²) >= 11 is 0. The van der Waals surface area contributed by atoms with Crippen molar-refractivity contribution in [2.24, 2.45) is 0 Å². The van der Waals surface area contributed by atoms with E-state index in [1.54, 1.807) is 41.3 Å². The van der Waals surface area contributed by atoms with E-state index < -0.39 is 23.5 Å². The van der Waals surface area contributed by atoms with E-state index in [-0.39, 0.29) is 5.57 Å². The average molecular weight is 463 g/mol. The van der Waals surface area contributed by atoms with Gasteiger partial charge in [0.15, 0.2) is 0 Å². The number of aryl methyl sites for hydroxylation is 1. The molecule has 2 aromatic rings. The lowest BCUT2D eigenvalue weighted by molar-refractivity contribution is -0.907. The maximum atomic E-state index is 13.5. The van der Waals surface area contributed by atoms with Gasteiger partial charge in [-0.1, -0.05) is 60.4 Å². The van der Waals surface area contributed by atoms with Gasteiger partial charge in [0.2, 0.25) is 5.78 Å². The molecule has 2 fully saturated rings. The first kappa shape index (κ1) is 23.7. The molecular formula is C27H30N2O5. The largest absolute Gasteiger partial charge is 0.872 e. The number of quaternary nitrogens is 1. The van der Waals surface area contributed by atoms with Gasteiger partial charge in [0.1, 0.15) is 25.4 Å². The molecule has 0 aliphatic carbocycles. The minimum absolute atomic E-state index is 0.00768. The monoisotopic (exact) mass is 462 g/mol. The van der Waals surface area contributed by atoms with E-state index in [1.807, 2.05) is 25.1 Å². The van der Waals surface area contributed by atoms with Gasteiger partial charge in [0.25, 0.3) is 5.91 Å². The Kier molecular flexibility index (Phi) is 7.45. The van der Waals surface area contributed by atoms with Gasteiger partial charge in [-0.05, 0) is 30.2 Å². The summed E-state index contributed by atoms with van der Waals surface area (Å²) in [6, 6.07) is 13.5. The van der Waals surface area contributed by atoms with E-state index in [2.05, 4.69) is 6.58 Å². The number of likely N-dealkylation sites (tertiary alicyclic amines) is 1. The molecule has 2 saturated heterocycles. The molecule has 2 aliphatic heterocycles. The SMILES string of the molecule is C=CCOc1cccc(C2C(=C([O-])c3ccc(C)cc3)C(=O)C(=O)N2CC[NH+]2CCOCC2)c1. The lowest BCUT2D eigenvalue weighted by Crippen LogP contribution is -3.14. The van der Waals surface area contributed by atoms with Crippen molar-refractivity contribution in [2.45, 2.75) is 13.0 Å². The third-order valence-electron chi connectivity index (χ3n) is 6.29. The normalized spacial score (nSPS) is 20.5. The van der Waals surface area contributed by atoms with Crippen LogP contribution in [0.15, 0.2) is 66.8 Å². The van der Waals surface area contributed by atoms with Crippen LogP contribution in [0.2, 0.25) is 0 Å². The van der Waals surface area contributed by atoms with Crippen LogP contribution in [-0.2, 0) is 14.3 Å². The van der Waals surface area contributed by atoms with E-state index in [4.69, 9.17) is 9.47 Å². The summed E-state index contributed by atoms with van der Waals surface area (Å²) in [7, 11) is 0. The van der Waals surface area contributed by atoms with Crippen molar-refractivity contribution in [1.29, 1.82) is 0 Å². The molecule has 0 radical (unpaired) electrons. The van der Waals surface area contributed by atoms with Crippen LogP contribution in [0.5, 0.6) is 5.75 Å². The number of amides is 1. The lowest BCUT2D eigenvalue weighted by Gasteiger charge is -2.30. The Morgan fingerprint density at radius 3 is 2.65 bits per heavy atom. The van der Waals surface area contributed by atoms with Crippen molar-refractivity contribution in [3.05, 3.63) is 83.4 Å². The summed E-state index contributed by atoms with van der Waals surface area (Å²) < 4.78 is 11.1. The Bertz CT molecular complexity index is 1090. The second-order valence-electron chi connectivity index (χ2n) is 8.62. The van der Waals surface area contributed by atoms with Gasteiger partial charge >= 0.3 is 0 Å². The number of ketones is 1. The highest BCUT2D eigenvalue weighted by molar-refractivity contribution is 6.46. The van der Waals surface area contributed by atoms with Gasteiger partial charge in [0, 0.05) is 5.57 Å². The third kappa shape index (κ3) is 5.05. The van der Waals surface area contributed by atoms with Gasteiger partial charge in [-0.15, -0.1) is 0 Å². The molecule has 0 saturated carbocycles. The van der Waals surface area contributed by atoms with E-state index in [0.717, 1.165) is 18.7 Å². The number of rotatable bonds is 8. The maximum Gasteiger partial charge on any atom is 0.295 e. The van der Waals surface area contributed by atoms with Crippen LogP contribution >= 0.6 is 0 Å². The fourth-order valence-electron chi connectivity index (χ4n) is 4.43. The zero-order chi connectivity index (χ0) is 24.1. The van der Waals surface area contributed by atoms with Crippen LogP contribution in [0.1, 0.15) is 22.7 Å². The fourth-order valence-corrected chi connectivity index (χ4v) is 4.43. The second-order valence-corrected chi connectivity index (χ2v) is 8.62. The summed E-state index contributed by atoms with van der Waals surface area (Å²) in [5.41, 5.74) is 2.07. The summed E-state index contributed by atoms with van der Waals surface area (Å²) in [4.78, 5) is 29.2. The molecule has 7 nitrogen and oxygen atoms in total. The molecule has 1 N–H and O–H groups in total. The van der Waals surface area contributed by atoms with Crippen molar-refractivity contribution in [2.75, 3.05) is 46.0 Å². The number of carbonyl (C=O) groups excluding carboxylic acids is 2. The molecule has 1 unspecified atom stereocenters. The van der Waals surface area contributed by atoms with Crippen LogP contribution in [0.3, 0.4) is 0 Å². The molecule has 0 aromatic heterocycles. The smallest absolute Gasteiger partial charge is 0.295 e. The van der Waals surface area contributed by atoms with E-state index >= 15 is 0 Å². The Labute approximate surface area is 199 Å². The predicted molar refractivity (Wildman–Crippen MR) is 126 cm³/mol. The molecule has 4 rings (SSSR count). The maximum absolute atomic E-state index is 13.5. The summed E-state index contributed by atoms with van der Waals surface area (Å²) in [5, 5.41) is 13.5. The van der Waals surface area contributed by atoms with Gasteiger partial charge in [-0.25, -0.2) is 0 Å². The highest BCUT2D eigenvalue weighted by Crippen LogP contribution is 2.39. The van der Waals surface area contributed by atoms with Crippen molar-refractivity contribution in [1.82, 2.24) is 4.90 Å². The van der Waals surface area contributed by atoms with Crippen molar-refractivity contribution in [3.63, 3.8) is 0 Å². The van der Waals surface area contributed by atoms with Gasteiger partial charge in [0.05, 0.1) is 32.3 Å². The molecule has 2 heterocycles. The van der Waals surface area contributed by atoms with Gasteiger partial charge in [-0.3, -0.25) is 9.59 Å². The van der Waals surface area contributed by atoms with E-state index in [1.165, 1.54) is 4.90 Å². The van der Waals surface area contributed by atoms with Crippen LogP contribution < -0.4 is 14.7 Å². The minimum Gasteiger partial charge on any atom is -0.872 e. The molecular weight excluding hydrogens is 432 g/mol. The molecule has 0 bridgehead atoms. The number of Topliss-reactive ketones (excluding diaryl/α,β-unsaturated/α-hetero) is 1. The van der Waals surface area contributed by atoms with Crippen LogP contribution in [0.4, 0.5) is 0 Å². The lowest BCUT2D eigenvalue weighted by atomic mass is 9.95. The Hall–Kier alpha value is -3.42. The van der Waals surface area contributed by atoms with Gasteiger partial charge in [-0.2, -0.15) is 0 Å². The first-order chi connectivity index (χ1) is 16.5. The molecule has 0 spiro atoms. The standard InChI is InChI=1S/C27H30N2O5/c1-3-15-34-22-6-4-5-21(18-22)24-23(25(30)20-9-7-19(2)8-10-20)26(31)27(32)29(24)12-11-28-13-16-33-17-14-28/h3-10,18,24,30H,1,11-17H2,2H3. The number of hydrogen-bond donors (Lipinski definition) is 1. The molecule has 178 valence electrons. The molecule has 34 heavy (non-hydrogen) atoms. The Balaban J connectivity index is 1.73. The van der Waals surface area contributed by atoms with Crippen LogP contribution in [0.25, 0.3) is 5.76 Å². The fraction of sp³-hybridized carbons (Fsp3) is 0.333. The number of morpholine rings is 1. The number of carbonyl (C=O) groups is 2. The molecule has 7 heteroatoms. The average Bonchev–Trinajstić information content (AvgIpc) is 3.12. The van der Waals surface area contributed by atoms with Crippen molar-refractivity contribution >= 4 is 17.4 Å². The summed E-state index contributed by atoms with van der Waals surface area (Å²) in [6.07, 6.45) is 1.64. The Morgan fingerprint density at radius 1 is 1.21 bits per heavy atom. The topological polar surface area (TPSA) is 83.3 Å². The van der Waals surface area contributed by atoms with Gasteiger partial charge < -0.3 is 24.4 Å². The van der Waals surface area contributed by atoms with Crippen molar-refractivity contribution < 1.29 is 29.1 Å². The summed E-state index contributed by atoms with van der Waals surface area (Å²) in [5.74, 6) is -1.19. The summed E-state index contributed by atoms with van der Waals surface area (Å²) in [6.45, 7) is 10.0. The number of benzene rings is 2. The first-order valence-corrected chi connectivity index (χ1v) is 11.6. The van der Waals surface area contributed by atoms with Crippen LogP contribution in [0, 0.1) is 6.92 Å². The highest BCUT2D eigenvalue weighted by Gasteiger charge is 2.44. The highest BCUT2D eigenvalue weighted by atomic mass is 16.5. The molecule has 1 amide bonds. The zero-order valence-corrected chi connectivity index (χ0v) is 19.4. The molecule has 2 aromatic carbocycles. The van der Waals surface area contributed by atoms with Crippen LogP contribution in [-0.4, -0.2) is 62.6 Å². The minimum atomic E-state index is -0.762. The quantitative estimate of drug-likeness (QED) is 0.270. The number of nitrogens with zero attached hydrogens (tertiary/aromatic N) is 1.